The third-order valence-electron chi connectivity index (χ3n) is 7.36. The highest BCUT2D eigenvalue weighted by atomic mass is 19.1. The number of nitrogens with one attached hydrogen (secondary N) is 1. The maximum atomic E-state index is 13.4. The van der Waals surface area contributed by atoms with Crippen molar-refractivity contribution >= 4 is 17.5 Å². The summed E-state index contributed by atoms with van der Waals surface area (Å²) < 4.78 is 19.0. The van der Waals surface area contributed by atoms with Crippen molar-refractivity contribution < 1.29 is 9.13 Å². The number of allylic oxidation sites excluding steroid dienone is 1. The number of H-pyrrole nitrogens is 1. The number of halogens is 1. The molecule has 0 radical (unpaired) electrons. The Balaban J connectivity index is 1.16. The van der Waals surface area contributed by atoms with Gasteiger partial charge in [0.05, 0.1) is 18.0 Å². The van der Waals surface area contributed by atoms with Crippen LogP contribution in [0, 0.1) is 12.7 Å². The molecule has 1 aliphatic carbocycles. The molecule has 0 amide bonds. The van der Waals surface area contributed by atoms with Crippen LogP contribution in [-0.2, 0) is 6.42 Å². The van der Waals surface area contributed by atoms with Gasteiger partial charge in [0.1, 0.15) is 29.5 Å². The Morgan fingerprint density at radius 3 is 2.46 bits per heavy atom. The molecule has 1 saturated heterocycles. The molecule has 37 heavy (non-hydrogen) atoms. The number of piperidine rings is 1. The molecular formula is C30H30FN5O. The van der Waals surface area contributed by atoms with Crippen LogP contribution in [0.5, 0.6) is 5.75 Å². The van der Waals surface area contributed by atoms with Crippen molar-refractivity contribution in [3.8, 4) is 17.0 Å². The smallest absolute Gasteiger partial charge is 0.139 e. The lowest BCUT2D eigenvalue weighted by molar-refractivity contribution is 0.340. The van der Waals surface area contributed by atoms with Crippen LogP contribution < -0.4 is 9.64 Å². The molecule has 0 atom stereocenters. The second-order valence-electron chi connectivity index (χ2n) is 9.73. The number of aromatic nitrogens is 4. The summed E-state index contributed by atoms with van der Waals surface area (Å²) in [5.41, 5.74) is 7.50. The quantitative estimate of drug-likeness (QED) is 0.345. The topological polar surface area (TPSA) is 66.9 Å². The van der Waals surface area contributed by atoms with Crippen LogP contribution in [0.4, 0.5) is 10.2 Å². The lowest BCUT2D eigenvalue weighted by Crippen LogP contribution is -2.34. The molecule has 2 aliphatic rings. The van der Waals surface area contributed by atoms with Gasteiger partial charge in [-0.05, 0) is 80.3 Å². The van der Waals surface area contributed by atoms with Gasteiger partial charge < -0.3 is 14.6 Å². The van der Waals surface area contributed by atoms with Crippen LogP contribution in [0.25, 0.3) is 22.9 Å². The van der Waals surface area contributed by atoms with Gasteiger partial charge in [-0.2, -0.15) is 0 Å². The summed E-state index contributed by atoms with van der Waals surface area (Å²) in [6.45, 7) is 6.56. The van der Waals surface area contributed by atoms with Crippen LogP contribution in [0.2, 0.25) is 0 Å². The molecule has 1 N–H and O–H groups in total. The van der Waals surface area contributed by atoms with Crippen LogP contribution in [0.1, 0.15) is 54.0 Å². The highest BCUT2D eigenvalue weighted by Gasteiger charge is 2.28. The number of nitrogens with zero attached hydrogens (tertiary/aromatic N) is 4. The summed E-state index contributed by atoms with van der Waals surface area (Å²) in [7, 11) is 0. The predicted molar refractivity (Wildman–Crippen MR) is 144 cm³/mol. The Labute approximate surface area is 216 Å². The third-order valence-corrected chi connectivity index (χ3v) is 7.36. The van der Waals surface area contributed by atoms with E-state index < -0.39 is 0 Å². The first kappa shape index (κ1) is 23.4. The molecule has 4 aromatic rings. The molecule has 1 aliphatic heterocycles. The number of ether oxygens (including phenoxy) is 1. The fourth-order valence-corrected chi connectivity index (χ4v) is 5.42. The van der Waals surface area contributed by atoms with Crippen molar-refractivity contribution in [3.63, 3.8) is 0 Å². The van der Waals surface area contributed by atoms with E-state index in [-0.39, 0.29) is 5.82 Å². The molecule has 0 bridgehead atoms. The Kier molecular flexibility index (Phi) is 6.20. The summed E-state index contributed by atoms with van der Waals surface area (Å²) in [6.07, 6.45) is 6.59. The second kappa shape index (κ2) is 9.81. The molecule has 0 unspecified atom stereocenters. The van der Waals surface area contributed by atoms with Crippen molar-refractivity contribution in [2.45, 2.75) is 39.0 Å². The lowest BCUT2D eigenvalue weighted by atomic mass is 9.96. The molecular weight excluding hydrogens is 465 g/mol. The van der Waals surface area contributed by atoms with E-state index in [4.69, 9.17) is 9.72 Å². The molecule has 6 rings (SSSR count). The van der Waals surface area contributed by atoms with E-state index in [1.807, 2.05) is 31.2 Å². The molecule has 6 nitrogen and oxygen atoms in total. The van der Waals surface area contributed by atoms with Gasteiger partial charge >= 0.3 is 0 Å². The Hall–Kier alpha value is -4.00. The van der Waals surface area contributed by atoms with Gasteiger partial charge in [-0.15, -0.1) is 0 Å². The van der Waals surface area contributed by atoms with Crippen LogP contribution >= 0.6 is 0 Å². The highest BCUT2D eigenvalue weighted by molar-refractivity contribution is 5.91. The first-order valence-corrected chi connectivity index (χ1v) is 12.9. The van der Waals surface area contributed by atoms with Crippen LogP contribution in [-0.4, -0.2) is 39.6 Å². The van der Waals surface area contributed by atoms with Gasteiger partial charge in [0.15, 0.2) is 0 Å². The van der Waals surface area contributed by atoms with Gasteiger partial charge in [0, 0.05) is 42.2 Å². The van der Waals surface area contributed by atoms with Crippen LogP contribution in [0.3, 0.4) is 0 Å². The van der Waals surface area contributed by atoms with Crippen molar-refractivity contribution in [3.05, 3.63) is 89.0 Å². The van der Waals surface area contributed by atoms with Crippen molar-refractivity contribution in [1.82, 2.24) is 19.9 Å². The van der Waals surface area contributed by atoms with Crippen molar-refractivity contribution in [2.24, 2.45) is 0 Å². The predicted octanol–water partition coefficient (Wildman–Crippen LogP) is 6.19. The van der Waals surface area contributed by atoms with E-state index in [0.29, 0.717) is 12.5 Å². The van der Waals surface area contributed by atoms with E-state index in [9.17, 15) is 4.39 Å². The van der Waals surface area contributed by atoms with E-state index in [1.165, 1.54) is 12.1 Å². The first-order valence-electron chi connectivity index (χ1n) is 12.9. The molecule has 2 aromatic heterocycles. The fraction of sp³-hybridized carbons (Fsp3) is 0.300. The second-order valence-corrected chi connectivity index (χ2v) is 9.73. The minimum absolute atomic E-state index is 0.221. The zero-order valence-corrected chi connectivity index (χ0v) is 21.2. The number of anilines is 1. The fourth-order valence-electron chi connectivity index (χ4n) is 5.42. The number of hydrogen-bond donors (Lipinski definition) is 1. The molecule has 2 aromatic carbocycles. The molecule has 7 heteroatoms. The average Bonchev–Trinajstić information content (AvgIpc) is 3.54. The van der Waals surface area contributed by atoms with E-state index in [1.54, 1.807) is 6.33 Å². The number of rotatable bonds is 6. The largest absolute Gasteiger partial charge is 0.494 e. The molecule has 0 spiro atoms. The molecule has 188 valence electrons. The third kappa shape index (κ3) is 4.61. The maximum absolute atomic E-state index is 13.4. The summed E-state index contributed by atoms with van der Waals surface area (Å²) in [6, 6.07) is 14.8. The summed E-state index contributed by atoms with van der Waals surface area (Å²) in [4.78, 5) is 20.1. The number of hydrogen-bond acceptors (Lipinski definition) is 5. The molecule has 0 saturated carbocycles. The highest BCUT2D eigenvalue weighted by Crippen LogP contribution is 2.37. The normalized spacial score (nSPS) is 15.5. The van der Waals surface area contributed by atoms with Gasteiger partial charge in [0.2, 0.25) is 0 Å². The number of benzene rings is 2. The summed E-state index contributed by atoms with van der Waals surface area (Å²) >= 11 is 0. The molecule has 1 fully saturated rings. The lowest BCUT2D eigenvalue weighted by Gasteiger charge is -2.32. The zero-order chi connectivity index (χ0) is 25.4. The average molecular weight is 496 g/mol. The Morgan fingerprint density at radius 2 is 1.73 bits per heavy atom. The van der Waals surface area contributed by atoms with Crippen molar-refractivity contribution in [1.29, 1.82) is 0 Å². The minimum atomic E-state index is -0.221. The SMILES string of the molecule is CCOc1ccc(-c2nc(C3CCN(c4ncnc5c4C=C(c4ccc(F)cc4)C5)CC3)[nH]c2C)cc1. The zero-order valence-electron chi connectivity index (χ0n) is 21.2. The number of fused-ring (bicyclic) bond motifs is 1. The summed E-state index contributed by atoms with van der Waals surface area (Å²) in [5.74, 6) is 3.09. The monoisotopic (exact) mass is 495 g/mol. The van der Waals surface area contributed by atoms with E-state index in [0.717, 1.165) is 89.1 Å². The van der Waals surface area contributed by atoms with Gasteiger partial charge in [-0.25, -0.2) is 19.3 Å². The minimum Gasteiger partial charge on any atom is -0.494 e. The number of aromatic amines is 1. The van der Waals surface area contributed by atoms with E-state index in [2.05, 4.69) is 45.0 Å². The van der Waals surface area contributed by atoms with Gasteiger partial charge in [0.25, 0.3) is 0 Å². The maximum Gasteiger partial charge on any atom is 0.139 e. The van der Waals surface area contributed by atoms with Crippen LogP contribution in [0.15, 0.2) is 54.9 Å². The Morgan fingerprint density at radius 1 is 1.00 bits per heavy atom. The summed E-state index contributed by atoms with van der Waals surface area (Å²) in [5, 5.41) is 0. The van der Waals surface area contributed by atoms with E-state index >= 15 is 0 Å². The Bertz CT molecular complexity index is 1430. The molecule has 3 heterocycles. The van der Waals surface area contributed by atoms with Crippen molar-refractivity contribution in [2.75, 3.05) is 24.6 Å². The van der Waals surface area contributed by atoms with Gasteiger partial charge in [-0.1, -0.05) is 12.1 Å². The standard InChI is InChI=1S/C30H30FN5O/c1-3-37-25-10-6-21(7-11-25)28-19(2)34-29(35-28)22-12-14-36(15-13-22)30-26-16-23(17-27(26)32-18-33-30)20-4-8-24(31)9-5-20/h4-11,16,18,22H,3,12-15,17H2,1-2H3,(H,34,35). The number of imidazole rings is 1. The van der Waals surface area contributed by atoms with Gasteiger partial charge in [-0.3, -0.25) is 0 Å². The first-order chi connectivity index (χ1) is 18.1. The number of aryl methyl sites for hydroxylation is 1.